The van der Waals surface area contributed by atoms with E-state index in [9.17, 15) is 22.8 Å². The first-order valence-corrected chi connectivity index (χ1v) is 7.05. The van der Waals surface area contributed by atoms with Gasteiger partial charge in [-0.05, 0) is 30.3 Å². The number of anilines is 1. The molecule has 0 atom stereocenters. The molecule has 2 rings (SSSR count). The maximum Gasteiger partial charge on any atom is 0.416 e. The standard InChI is InChI=1S/C16H14F3N3O3/c17-16(18,19)11-5-4-8-13(9-11)25-10-14(23)21-22-15(24)20-12-6-2-1-3-7-12/h1-9H,10H2,(H,21,23)(H2,20,22,24). The summed E-state index contributed by atoms with van der Waals surface area (Å²) < 4.78 is 42.7. The molecule has 2 aromatic rings. The van der Waals surface area contributed by atoms with E-state index in [1.54, 1.807) is 30.3 Å². The highest BCUT2D eigenvalue weighted by molar-refractivity contribution is 5.91. The van der Waals surface area contributed by atoms with Crippen molar-refractivity contribution < 1.29 is 27.5 Å². The quantitative estimate of drug-likeness (QED) is 0.740. The molecular formula is C16H14F3N3O3. The van der Waals surface area contributed by atoms with E-state index in [-0.39, 0.29) is 5.75 Å². The molecule has 0 fully saturated rings. The summed E-state index contributed by atoms with van der Waals surface area (Å²) in [5.41, 5.74) is 3.80. The number of ether oxygens (including phenoxy) is 1. The molecule has 0 spiro atoms. The predicted molar refractivity (Wildman–Crippen MR) is 83.7 cm³/mol. The Morgan fingerprint density at radius 3 is 2.36 bits per heavy atom. The lowest BCUT2D eigenvalue weighted by atomic mass is 10.2. The van der Waals surface area contributed by atoms with Crippen molar-refractivity contribution in [3.05, 3.63) is 60.2 Å². The van der Waals surface area contributed by atoms with E-state index < -0.39 is 30.3 Å². The minimum atomic E-state index is -4.50. The van der Waals surface area contributed by atoms with Crippen LogP contribution in [0.2, 0.25) is 0 Å². The van der Waals surface area contributed by atoms with Gasteiger partial charge in [0.25, 0.3) is 5.91 Å². The van der Waals surface area contributed by atoms with Crippen LogP contribution in [0.3, 0.4) is 0 Å². The van der Waals surface area contributed by atoms with Crippen LogP contribution in [0.5, 0.6) is 5.75 Å². The number of hydrogen-bond donors (Lipinski definition) is 3. The lowest BCUT2D eigenvalue weighted by molar-refractivity contribution is -0.137. The third kappa shape index (κ3) is 6.05. The van der Waals surface area contributed by atoms with E-state index in [1.807, 2.05) is 0 Å². The summed E-state index contributed by atoms with van der Waals surface area (Å²) in [6.45, 7) is -0.563. The molecule has 0 aliphatic carbocycles. The first-order chi connectivity index (χ1) is 11.8. The third-order valence-corrected chi connectivity index (χ3v) is 2.88. The summed E-state index contributed by atoms with van der Waals surface area (Å²) in [6, 6.07) is 12.0. The molecule has 9 heteroatoms. The van der Waals surface area contributed by atoms with Crippen molar-refractivity contribution >= 4 is 17.6 Å². The summed E-state index contributed by atoms with van der Waals surface area (Å²) in [7, 11) is 0. The molecule has 0 radical (unpaired) electrons. The van der Waals surface area contributed by atoms with Gasteiger partial charge in [0.05, 0.1) is 5.56 Å². The lowest BCUT2D eigenvalue weighted by Gasteiger charge is -2.11. The minimum absolute atomic E-state index is 0.112. The number of carbonyl (C=O) groups is 2. The second-order valence-electron chi connectivity index (χ2n) is 4.81. The second kappa shape index (κ2) is 8.04. The molecule has 0 bridgehead atoms. The van der Waals surface area contributed by atoms with Gasteiger partial charge >= 0.3 is 12.2 Å². The Bertz CT molecular complexity index is 736. The fourth-order valence-electron chi connectivity index (χ4n) is 1.76. The Morgan fingerprint density at radius 1 is 0.960 bits per heavy atom. The van der Waals surface area contributed by atoms with Crippen LogP contribution in [0.1, 0.15) is 5.56 Å². The number of hydrazine groups is 1. The number of alkyl halides is 3. The van der Waals surface area contributed by atoms with E-state index >= 15 is 0 Å². The van der Waals surface area contributed by atoms with E-state index in [0.717, 1.165) is 12.1 Å². The van der Waals surface area contributed by atoms with Gasteiger partial charge in [0.2, 0.25) is 0 Å². The Kier molecular flexibility index (Phi) is 5.83. The fraction of sp³-hybridized carbons (Fsp3) is 0.125. The number of amides is 3. The largest absolute Gasteiger partial charge is 0.484 e. The molecule has 6 nitrogen and oxygen atoms in total. The van der Waals surface area contributed by atoms with Gasteiger partial charge in [0.15, 0.2) is 6.61 Å². The summed E-state index contributed by atoms with van der Waals surface area (Å²) in [4.78, 5) is 23.1. The number of carbonyl (C=O) groups excluding carboxylic acids is 2. The molecule has 0 unspecified atom stereocenters. The zero-order chi connectivity index (χ0) is 18.3. The van der Waals surface area contributed by atoms with Crippen molar-refractivity contribution in [3.63, 3.8) is 0 Å². The molecule has 132 valence electrons. The maximum absolute atomic E-state index is 12.6. The van der Waals surface area contributed by atoms with Crippen molar-refractivity contribution in [2.45, 2.75) is 6.18 Å². The van der Waals surface area contributed by atoms with Crippen LogP contribution in [-0.4, -0.2) is 18.5 Å². The van der Waals surface area contributed by atoms with E-state index in [1.165, 1.54) is 12.1 Å². The summed E-state index contributed by atoms with van der Waals surface area (Å²) in [5, 5.41) is 2.46. The van der Waals surface area contributed by atoms with Crippen LogP contribution >= 0.6 is 0 Å². The minimum Gasteiger partial charge on any atom is -0.484 e. The topological polar surface area (TPSA) is 79.5 Å². The molecule has 0 heterocycles. The van der Waals surface area contributed by atoms with Gasteiger partial charge in [-0.1, -0.05) is 24.3 Å². The van der Waals surface area contributed by atoms with Crippen molar-refractivity contribution in [2.24, 2.45) is 0 Å². The van der Waals surface area contributed by atoms with Crippen LogP contribution in [0, 0.1) is 0 Å². The molecule has 2 aromatic carbocycles. The summed E-state index contributed by atoms with van der Waals surface area (Å²) >= 11 is 0. The van der Waals surface area contributed by atoms with Crippen LogP contribution in [-0.2, 0) is 11.0 Å². The molecule has 3 amide bonds. The van der Waals surface area contributed by atoms with Gasteiger partial charge in [0, 0.05) is 5.69 Å². The van der Waals surface area contributed by atoms with Gasteiger partial charge in [-0.3, -0.25) is 10.2 Å². The van der Waals surface area contributed by atoms with Crippen molar-refractivity contribution in [1.82, 2.24) is 10.9 Å². The van der Waals surface area contributed by atoms with Crippen LogP contribution in [0.4, 0.5) is 23.7 Å². The van der Waals surface area contributed by atoms with E-state index in [0.29, 0.717) is 5.69 Å². The molecule has 0 aliphatic heterocycles. The number of benzene rings is 2. The molecule has 0 aromatic heterocycles. The van der Waals surface area contributed by atoms with Crippen molar-refractivity contribution in [2.75, 3.05) is 11.9 Å². The SMILES string of the molecule is O=C(COc1cccc(C(F)(F)F)c1)NNC(=O)Nc1ccccc1. The molecular weight excluding hydrogens is 339 g/mol. The average molecular weight is 353 g/mol. The smallest absolute Gasteiger partial charge is 0.416 e. The highest BCUT2D eigenvalue weighted by atomic mass is 19.4. The van der Waals surface area contributed by atoms with Crippen molar-refractivity contribution in [1.29, 1.82) is 0 Å². The summed E-state index contributed by atoms with van der Waals surface area (Å²) in [6.07, 6.45) is -4.50. The highest BCUT2D eigenvalue weighted by Crippen LogP contribution is 2.31. The normalized spacial score (nSPS) is 10.7. The average Bonchev–Trinajstić information content (AvgIpc) is 2.58. The number of para-hydroxylation sites is 1. The number of nitrogens with one attached hydrogen (secondary N) is 3. The molecule has 3 N–H and O–H groups in total. The van der Waals surface area contributed by atoms with Crippen LogP contribution in [0.15, 0.2) is 54.6 Å². The maximum atomic E-state index is 12.6. The molecule has 0 saturated carbocycles. The van der Waals surface area contributed by atoms with E-state index in [4.69, 9.17) is 4.74 Å². The van der Waals surface area contributed by atoms with Gasteiger partial charge in [0.1, 0.15) is 5.75 Å². The molecule has 0 saturated heterocycles. The van der Waals surface area contributed by atoms with Gasteiger partial charge in [-0.25, -0.2) is 10.2 Å². The summed E-state index contributed by atoms with van der Waals surface area (Å²) in [5.74, 6) is -0.848. The molecule has 25 heavy (non-hydrogen) atoms. The Labute approximate surface area is 141 Å². The Morgan fingerprint density at radius 2 is 1.68 bits per heavy atom. The second-order valence-corrected chi connectivity index (χ2v) is 4.81. The molecule has 0 aliphatic rings. The van der Waals surface area contributed by atoms with Gasteiger partial charge < -0.3 is 10.1 Å². The number of urea groups is 1. The Hall–Kier alpha value is -3.23. The number of hydrogen-bond acceptors (Lipinski definition) is 3. The Balaban J connectivity index is 1.76. The zero-order valence-corrected chi connectivity index (χ0v) is 12.8. The predicted octanol–water partition coefficient (Wildman–Crippen LogP) is 2.94. The van der Waals surface area contributed by atoms with Crippen LogP contribution in [0.25, 0.3) is 0 Å². The first-order valence-electron chi connectivity index (χ1n) is 7.05. The third-order valence-electron chi connectivity index (χ3n) is 2.88. The van der Waals surface area contributed by atoms with Gasteiger partial charge in [-0.15, -0.1) is 0 Å². The fourth-order valence-corrected chi connectivity index (χ4v) is 1.76. The number of halogens is 3. The van der Waals surface area contributed by atoms with E-state index in [2.05, 4.69) is 16.2 Å². The lowest BCUT2D eigenvalue weighted by Crippen LogP contribution is -2.45. The van der Waals surface area contributed by atoms with Gasteiger partial charge in [-0.2, -0.15) is 13.2 Å². The zero-order valence-electron chi connectivity index (χ0n) is 12.8. The monoisotopic (exact) mass is 353 g/mol. The van der Waals surface area contributed by atoms with Crippen molar-refractivity contribution in [3.8, 4) is 5.75 Å². The first kappa shape index (κ1) is 18.1. The highest BCUT2D eigenvalue weighted by Gasteiger charge is 2.30. The van der Waals surface area contributed by atoms with Crippen LogP contribution < -0.4 is 20.9 Å². The number of rotatable bonds is 4.